The maximum absolute atomic E-state index is 13.6. The molecule has 0 fully saturated rings. The highest BCUT2D eigenvalue weighted by atomic mass is 32.1. The molecule has 0 aliphatic rings. The number of esters is 1. The van der Waals surface area contributed by atoms with E-state index in [0.29, 0.717) is 27.8 Å². The number of hydrogen-bond donors (Lipinski definition) is 2. The van der Waals surface area contributed by atoms with Crippen LogP contribution in [0.25, 0.3) is 10.2 Å². The summed E-state index contributed by atoms with van der Waals surface area (Å²) in [5, 5.41) is 2.52. The van der Waals surface area contributed by atoms with Gasteiger partial charge in [0.05, 0.1) is 22.5 Å². The van der Waals surface area contributed by atoms with Crippen LogP contribution in [0.1, 0.15) is 21.2 Å². The molecule has 0 bridgehead atoms. The van der Waals surface area contributed by atoms with Crippen LogP contribution in [0.2, 0.25) is 0 Å². The Morgan fingerprint density at radius 1 is 1.18 bits per heavy atom. The van der Waals surface area contributed by atoms with E-state index in [2.05, 4.69) is 9.97 Å². The Kier molecular flexibility index (Phi) is 5.18. The average Bonchev–Trinajstić information content (AvgIpc) is 2.97. The van der Waals surface area contributed by atoms with Crippen molar-refractivity contribution in [2.45, 2.75) is 13.8 Å². The van der Waals surface area contributed by atoms with Gasteiger partial charge in [0.1, 0.15) is 15.5 Å². The second kappa shape index (κ2) is 7.43. The lowest BCUT2D eigenvalue weighted by Crippen LogP contribution is -2.21. The molecule has 0 atom stereocenters. The van der Waals surface area contributed by atoms with E-state index in [9.17, 15) is 22.8 Å². The Morgan fingerprint density at radius 2 is 1.89 bits per heavy atom. The molecular weight excluding hydrogens is 397 g/mol. The Balaban J connectivity index is 1.71. The average molecular weight is 410 g/mol. The third-order valence-corrected chi connectivity index (χ3v) is 4.79. The number of carbonyl (C=O) groups is 2. The molecule has 0 saturated carbocycles. The summed E-state index contributed by atoms with van der Waals surface area (Å²) in [7, 11) is 0. The highest BCUT2D eigenvalue weighted by Gasteiger charge is 2.22. The van der Waals surface area contributed by atoms with Crippen molar-refractivity contribution in [1.82, 2.24) is 9.97 Å². The molecule has 7 nitrogen and oxygen atoms in total. The molecule has 2 heterocycles. The molecule has 0 saturated heterocycles. The van der Waals surface area contributed by atoms with E-state index in [1.807, 2.05) is 5.32 Å². The number of thiophene rings is 1. The van der Waals surface area contributed by atoms with Crippen LogP contribution in [-0.2, 0) is 9.53 Å². The van der Waals surface area contributed by atoms with Gasteiger partial charge >= 0.3 is 5.97 Å². The van der Waals surface area contributed by atoms with Crippen LogP contribution in [0, 0.1) is 31.3 Å². The van der Waals surface area contributed by atoms with Crippen LogP contribution in [0.4, 0.5) is 24.5 Å². The van der Waals surface area contributed by atoms with E-state index >= 15 is 0 Å². The molecule has 1 aromatic carbocycles. The smallest absolute Gasteiger partial charge is 0.351 e. The van der Waals surface area contributed by atoms with Gasteiger partial charge in [-0.3, -0.25) is 4.79 Å². The molecular formula is C17H13F3N4O3S. The van der Waals surface area contributed by atoms with E-state index in [0.717, 1.165) is 17.4 Å². The Hall–Kier alpha value is -3.21. The Morgan fingerprint density at radius 3 is 2.61 bits per heavy atom. The minimum Gasteiger partial charge on any atom is -0.451 e. The summed E-state index contributed by atoms with van der Waals surface area (Å²) in [6.07, 6.45) is 0. The molecule has 1 amide bonds. The molecule has 28 heavy (non-hydrogen) atoms. The van der Waals surface area contributed by atoms with Crippen molar-refractivity contribution in [2.24, 2.45) is 0 Å². The number of nitrogens with zero attached hydrogens (tertiary/aromatic N) is 2. The number of nitrogens with one attached hydrogen (secondary N) is 1. The van der Waals surface area contributed by atoms with Crippen molar-refractivity contribution in [3.63, 3.8) is 0 Å². The number of rotatable bonds is 4. The predicted molar refractivity (Wildman–Crippen MR) is 96.5 cm³/mol. The first kappa shape index (κ1) is 19.5. The van der Waals surface area contributed by atoms with Gasteiger partial charge < -0.3 is 15.8 Å². The summed E-state index contributed by atoms with van der Waals surface area (Å²) in [5.41, 5.74) is 6.13. The van der Waals surface area contributed by atoms with Gasteiger partial charge in [-0.25, -0.2) is 27.9 Å². The SMILES string of the molecule is Cc1nc(C)c2c(N)c(C(=O)OCC(=O)Nc3ccc(F)c(F)c3F)sc2n1. The summed E-state index contributed by atoms with van der Waals surface area (Å²) in [6.45, 7) is 2.63. The van der Waals surface area contributed by atoms with Crippen molar-refractivity contribution < 1.29 is 27.5 Å². The fourth-order valence-electron chi connectivity index (χ4n) is 2.49. The van der Waals surface area contributed by atoms with Crippen molar-refractivity contribution in [2.75, 3.05) is 17.7 Å². The molecule has 0 spiro atoms. The maximum Gasteiger partial charge on any atom is 0.351 e. The predicted octanol–water partition coefficient (Wildman–Crippen LogP) is 3.10. The molecule has 3 rings (SSSR count). The van der Waals surface area contributed by atoms with E-state index < -0.39 is 41.6 Å². The van der Waals surface area contributed by atoms with E-state index in [-0.39, 0.29) is 10.6 Å². The number of fused-ring (bicyclic) bond motifs is 1. The second-order valence-corrected chi connectivity index (χ2v) is 6.73. The number of amides is 1. The molecule has 3 N–H and O–H groups in total. The third-order valence-electron chi connectivity index (χ3n) is 3.71. The fraction of sp³-hybridized carbons (Fsp3) is 0.176. The maximum atomic E-state index is 13.6. The normalized spacial score (nSPS) is 10.9. The van der Waals surface area contributed by atoms with Crippen LogP contribution in [0.5, 0.6) is 0 Å². The van der Waals surface area contributed by atoms with Crippen LogP contribution in [0.3, 0.4) is 0 Å². The van der Waals surface area contributed by atoms with Crippen LogP contribution in [-0.4, -0.2) is 28.5 Å². The molecule has 2 aromatic heterocycles. The summed E-state index contributed by atoms with van der Waals surface area (Å²) in [6, 6.07) is 1.50. The van der Waals surface area contributed by atoms with Crippen LogP contribution < -0.4 is 11.1 Å². The third kappa shape index (κ3) is 3.60. The molecule has 0 aliphatic heterocycles. The van der Waals surface area contributed by atoms with Crippen molar-refractivity contribution in [1.29, 1.82) is 0 Å². The number of ether oxygens (including phenoxy) is 1. The number of nitrogens with two attached hydrogens (primary N) is 1. The number of aryl methyl sites for hydroxylation is 2. The van der Waals surface area contributed by atoms with E-state index in [4.69, 9.17) is 10.5 Å². The van der Waals surface area contributed by atoms with Crippen molar-refractivity contribution >= 4 is 44.8 Å². The van der Waals surface area contributed by atoms with Gasteiger partial charge in [-0.1, -0.05) is 0 Å². The molecule has 0 unspecified atom stereocenters. The first-order valence-corrected chi connectivity index (χ1v) is 8.64. The second-order valence-electron chi connectivity index (χ2n) is 5.73. The molecule has 3 aromatic rings. The van der Waals surface area contributed by atoms with Gasteiger partial charge in [-0.05, 0) is 26.0 Å². The standard InChI is InChI=1S/C17H13F3N4O3S/c1-6-11-14(21)15(28-16(11)23-7(2)22-6)17(26)27-5-10(25)24-9-4-3-8(18)12(19)13(9)20/h3-4H,5,21H2,1-2H3,(H,24,25). The monoisotopic (exact) mass is 410 g/mol. The fourth-order valence-corrected chi connectivity index (χ4v) is 3.57. The van der Waals surface area contributed by atoms with Crippen molar-refractivity contribution in [3.8, 4) is 0 Å². The molecule has 0 aliphatic carbocycles. The number of hydrogen-bond acceptors (Lipinski definition) is 7. The minimum absolute atomic E-state index is 0.0461. The highest BCUT2D eigenvalue weighted by Crippen LogP contribution is 2.34. The van der Waals surface area contributed by atoms with Gasteiger partial charge in [0, 0.05) is 0 Å². The first-order chi connectivity index (χ1) is 13.2. The lowest BCUT2D eigenvalue weighted by Gasteiger charge is -2.08. The summed E-state index contributed by atoms with van der Waals surface area (Å²) in [5.74, 6) is -5.98. The number of halogens is 3. The topological polar surface area (TPSA) is 107 Å². The lowest BCUT2D eigenvalue weighted by atomic mass is 10.2. The van der Waals surface area contributed by atoms with Gasteiger partial charge in [0.2, 0.25) is 0 Å². The van der Waals surface area contributed by atoms with E-state index in [1.165, 1.54) is 0 Å². The number of benzene rings is 1. The van der Waals surface area contributed by atoms with Gasteiger partial charge in [-0.2, -0.15) is 0 Å². The molecule has 0 radical (unpaired) electrons. The number of aromatic nitrogens is 2. The molecule has 146 valence electrons. The first-order valence-electron chi connectivity index (χ1n) is 7.82. The quantitative estimate of drug-likeness (QED) is 0.506. The zero-order chi connectivity index (χ0) is 20.6. The number of nitrogen functional groups attached to an aromatic ring is 1. The van der Waals surface area contributed by atoms with Crippen molar-refractivity contribution in [3.05, 3.63) is 46.0 Å². The van der Waals surface area contributed by atoms with Gasteiger partial charge in [-0.15, -0.1) is 11.3 Å². The highest BCUT2D eigenvalue weighted by molar-refractivity contribution is 7.21. The summed E-state index contributed by atoms with van der Waals surface area (Å²) in [4.78, 5) is 33.0. The molecule has 11 heteroatoms. The van der Waals surface area contributed by atoms with Gasteiger partial charge in [0.15, 0.2) is 24.1 Å². The number of anilines is 2. The Labute approximate surface area is 160 Å². The van der Waals surface area contributed by atoms with Crippen LogP contribution in [0.15, 0.2) is 12.1 Å². The van der Waals surface area contributed by atoms with Crippen LogP contribution >= 0.6 is 11.3 Å². The summed E-state index contributed by atoms with van der Waals surface area (Å²) >= 11 is 0.988. The zero-order valence-corrected chi connectivity index (χ0v) is 15.4. The Bertz CT molecular complexity index is 1120. The zero-order valence-electron chi connectivity index (χ0n) is 14.6. The van der Waals surface area contributed by atoms with Gasteiger partial charge in [0.25, 0.3) is 5.91 Å². The lowest BCUT2D eigenvalue weighted by molar-refractivity contribution is -0.119. The number of carbonyl (C=O) groups excluding carboxylic acids is 2. The summed E-state index contributed by atoms with van der Waals surface area (Å²) < 4.78 is 44.5. The largest absolute Gasteiger partial charge is 0.451 e. The van der Waals surface area contributed by atoms with E-state index in [1.54, 1.807) is 13.8 Å². The minimum atomic E-state index is -1.72.